The van der Waals surface area contributed by atoms with Crippen LogP contribution in [0.1, 0.15) is 17.2 Å². The summed E-state index contributed by atoms with van der Waals surface area (Å²) in [4.78, 5) is 0. The zero-order chi connectivity index (χ0) is 14.0. The number of halogens is 3. The number of methoxy groups -OCH3 is 1. The number of ether oxygens (including phenoxy) is 1. The van der Waals surface area contributed by atoms with E-state index in [0.29, 0.717) is 11.3 Å². The average Bonchev–Trinajstić information content (AvgIpc) is 2.43. The van der Waals surface area contributed by atoms with Gasteiger partial charge in [-0.2, -0.15) is 0 Å². The quantitative estimate of drug-likeness (QED) is 0.868. The molecule has 19 heavy (non-hydrogen) atoms. The Bertz CT molecular complexity index is 602. The molecule has 2 aromatic rings. The minimum Gasteiger partial charge on any atom is -0.496 e. The lowest BCUT2D eigenvalue weighted by atomic mass is 9.99. The van der Waals surface area contributed by atoms with Gasteiger partial charge in [-0.25, -0.2) is 8.78 Å². The molecule has 5 heteroatoms. The summed E-state index contributed by atoms with van der Waals surface area (Å²) in [6.07, 6.45) is -1.44. The Morgan fingerprint density at radius 3 is 2.53 bits per heavy atom. The standard InChI is InChI=1S/C14H11BrF2O2/c1-19-11-5-3-2-4-8(11)14(18)12-10(16)7-6-9(15)13(12)17/h2-7,14,18H,1H3. The van der Waals surface area contributed by atoms with Gasteiger partial charge in [-0.05, 0) is 34.1 Å². The molecule has 0 bridgehead atoms. The van der Waals surface area contributed by atoms with Gasteiger partial charge in [0.15, 0.2) is 0 Å². The molecule has 0 fully saturated rings. The monoisotopic (exact) mass is 328 g/mol. The Labute approximate surface area is 117 Å². The Balaban J connectivity index is 2.56. The van der Waals surface area contributed by atoms with Crippen LogP contribution in [0.4, 0.5) is 8.78 Å². The van der Waals surface area contributed by atoms with Gasteiger partial charge in [0, 0.05) is 5.56 Å². The summed E-state index contributed by atoms with van der Waals surface area (Å²) in [5, 5.41) is 10.2. The highest BCUT2D eigenvalue weighted by molar-refractivity contribution is 9.10. The number of aliphatic hydroxyl groups excluding tert-OH is 1. The van der Waals surface area contributed by atoms with Crippen molar-refractivity contribution in [2.75, 3.05) is 7.11 Å². The number of aliphatic hydroxyl groups is 1. The van der Waals surface area contributed by atoms with Crippen molar-refractivity contribution in [1.82, 2.24) is 0 Å². The van der Waals surface area contributed by atoms with Crippen LogP contribution in [0, 0.1) is 11.6 Å². The number of hydrogen-bond acceptors (Lipinski definition) is 2. The summed E-state index contributed by atoms with van der Waals surface area (Å²) < 4.78 is 32.9. The third-order valence-electron chi connectivity index (χ3n) is 2.79. The Kier molecular flexibility index (Phi) is 4.17. The number of benzene rings is 2. The maximum atomic E-state index is 13.9. The number of para-hydroxylation sites is 1. The van der Waals surface area contributed by atoms with E-state index in [-0.39, 0.29) is 4.47 Å². The van der Waals surface area contributed by atoms with E-state index in [9.17, 15) is 13.9 Å². The Morgan fingerprint density at radius 1 is 1.16 bits per heavy atom. The topological polar surface area (TPSA) is 29.5 Å². The van der Waals surface area contributed by atoms with Crippen LogP contribution >= 0.6 is 15.9 Å². The lowest BCUT2D eigenvalue weighted by molar-refractivity contribution is 0.203. The van der Waals surface area contributed by atoms with Crippen LogP contribution in [-0.4, -0.2) is 12.2 Å². The molecular formula is C14H11BrF2O2. The minimum atomic E-state index is -1.44. The smallest absolute Gasteiger partial charge is 0.146 e. The summed E-state index contributed by atoms with van der Waals surface area (Å²) >= 11 is 2.97. The largest absolute Gasteiger partial charge is 0.496 e. The van der Waals surface area contributed by atoms with Crippen molar-refractivity contribution in [2.45, 2.75) is 6.10 Å². The van der Waals surface area contributed by atoms with E-state index in [0.717, 1.165) is 6.07 Å². The van der Waals surface area contributed by atoms with Crippen molar-refractivity contribution >= 4 is 15.9 Å². The molecule has 0 heterocycles. The molecule has 0 amide bonds. The second kappa shape index (κ2) is 5.67. The molecule has 1 unspecified atom stereocenters. The van der Waals surface area contributed by atoms with Crippen LogP contribution in [0.5, 0.6) is 5.75 Å². The van der Waals surface area contributed by atoms with Crippen molar-refractivity contribution in [3.63, 3.8) is 0 Å². The first-order valence-electron chi connectivity index (χ1n) is 5.50. The first-order valence-corrected chi connectivity index (χ1v) is 6.30. The van der Waals surface area contributed by atoms with E-state index in [1.165, 1.54) is 13.2 Å². The highest BCUT2D eigenvalue weighted by Crippen LogP contribution is 2.34. The molecule has 0 spiro atoms. The Morgan fingerprint density at radius 2 is 1.84 bits per heavy atom. The second-order valence-electron chi connectivity index (χ2n) is 3.90. The fourth-order valence-electron chi connectivity index (χ4n) is 1.84. The summed E-state index contributed by atoms with van der Waals surface area (Å²) in [6.45, 7) is 0. The molecule has 0 radical (unpaired) electrons. The highest BCUT2D eigenvalue weighted by atomic mass is 79.9. The van der Waals surface area contributed by atoms with Crippen molar-refractivity contribution in [2.24, 2.45) is 0 Å². The molecule has 0 saturated carbocycles. The van der Waals surface area contributed by atoms with Gasteiger partial charge in [0.1, 0.15) is 23.5 Å². The maximum absolute atomic E-state index is 13.9. The van der Waals surface area contributed by atoms with Crippen molar-refractivity contribution < 1.29 is 18.6 Å². The Hall–Kier alpha value is -1.46. The van der Waals surface area contributed by atoms with Gasteiger partial charge in [-0.15, -0.1) is 0 Å². The molecule has 2 nitrogen and oxygen atoms in total. The van der Waals surface area contributed by atoms with Crippen LogP contribution in [-0.2, 0) is 0 Å². The fraction of sp³-hybridized carbons (Fsp3) is 0.143. The third kappa shape index (κ3) is 2.62. The van der Waals surface area contributed by atoms with E-state index in [4.69, 9.17) is 4.74 Å². The molecule has 1 N–H and O–H groups in total. The van der Waals surface area contributed by atoms with Gasteiger partial charge < -0.3 is 9.84 Å². The highest BCUT2D eigenvalue weighted by Gasteiger charge is 2.23. The van der Waals surface area contributed by atoms with E-state index in [2.05, 4.69) is 15.9 Å². The zero-order valence-electron chi connectivity index (χ0n) is 10.0. The zero-order valence-corrected chi connectivity index (χ0v) is 11.6. The maximum Gasteiger partial charge on any atom is 0.146 e. The van der Waals surface area contributed by atoms with Crippen molar-refractivity contribution in [3.05, 3.63) is 63.6 Å². The van der Waals surface area contributed by atoms with Gasteiger partial charge in [0.05, 0.1) is 17.1 Å². The van der Waals surface area contributed by atoms with Crippen LogP contribution in [0.2, 0.25) is 0 Å². The molecular weight excluding hydrogens is 318 g/mol. The summed E-state index contributed by atoms with van der Waals surface area (Å²) in [7, 11) is 1.43. The van der Waals surface area contributed by atoms with Crippen LogP contribution in [0.25, 0.3) is 0 Å². The van der Waals surface area contributed by atoms with Gasteiger partial charge in [-0.3, -0.25) is 0 Å². The van der Waals surface area contributed by atoms with E-state index in [1.807, 2.05) is 0 Å². The van der Waals surface area contributed by atoms with Crippen LogP contribution < -0.4 is 4.74 Å². The minimum absolute atomic E-state index is 0.0952. The lowest BCUT2D eigenvalue weighted by Crippen LogP contribution is -2.07. The first-order chi connectivity index (χ1) is 9.06. The van der Waals surface area contributed by atoms with E-state index in [1.54, 1.807) is 24.3 Å². The van der Waals surface area contributed by atoms with Crippen molar-refractivity contribution in [3.8, 4) is 5.75 Å². The van der Waals surface area contributed by atoms with Gasteiger partial charge in [-0.1, -0.05) is 18.2 Å². The predicted molar refractivity (Wildman–Crippen MR) is 71.1 cm³/mol. The molecule has 0 saturated heterocycles. The summed E-state index contributed by atoms with van der Waals surface area (Å²) in [6, 6.07) is 8.90. The SMILES string of the molecule is COc1ccccc1C(O)c1c(F)ccc(Br)c1F. The molecule has 100 valence electrons. The van der Waals surface area contributed by atoms with Crippen LogP contribution in [0.15, 0.2) is 40.9 Å². The second-order valence-corrected chi connectivity index (χ2v) is 4.76. The molecule has 0 aliphatic rings. The molecule has 0 aliphatic carbocycles. The van der Waals surface area contributed by atoms with Gasteiger partial charge >= 0.3 is 0 Å². The fourth-order valence-corrected chi connectivity index (χ4v) is 2.19. The predicted octanol–water partition coefficient (Wildman–Crippen LogP) is 3.82. The normalized spacial score (nSPS) is 12.3. The third-order valence-corrected chi connectivity index (χ3v) is 3.40. The number of hydrogen-bond donors (Lipinski definition) is 1. The lowest BCUT2D eigenvalue weighted by Gasteiger charge is -2.16. The molecule has 2 rings (SSSR count). The molecule has 2 aromatic carbocycles. The molecule has 0 aliphatic heterocycles. The number of rotatable bonds is 3. The molecule has 1 atom stereocenters. The first kappa shape index (κ1) is 14.0. The summed E-state index contributed by atoms with van der Waals surface area (Å²) in [5.74, 6) is -1.26. The van der Waals surface area contributed by atoms with Crippen molar-refractivity contribution in [1.29, 1.82) is 0 Å². The van der Waals surface area contributed by atoms with E-state index < -0.39 is 23.3 Å². The van der Waals surface area contributed by atoms with Crippen LogP contribution in [0.3, 0.4) is 0 Å². The van der Waals surface area contributed by atoms with E-state index >= 15 is 0 Å². The summed E-state index contributed by atoms with van der Waals surface area (Å²) in [5.41, 5.74) is -0.0974. The average molecular weight is 329 g/mol. The molecule has 0 aromatic heterocycles. The van der Waals surface area contributed by atoms with Gasteiger partial charge in [0.2, 0.25) is 0 Å². The van der Waals surface area contributed by atoms with Gasteiger partial charge in [0.25, 0.3) is 0 Å².